The van der Waals surface area contributed by atoms with Gasteiger partial charge in [-0.25, -0.2) is 0 Å². The predicted octanol–water partition coefficient (Wildman–Crippen LogP) is 2.39. The highest BCUT2D eigenvalue weighted by Gasteiger charge is 2.31. The molecule has 0 bridgehead atoms. The van der Waals surface area contributed by atoms with Crippen molar-refractivity contribution in [2.45, 2.75) is 6.18 Å². The van der Waals surface area contributed by atoms with Gasteiger partial charge in [-0.15, -0.1) is 5.10 Å². The van der Waals surface area contributed by atoms with Gasteiger partial charge in [0.15, 0.2) is 0 Å². The predicted molar refractivity (Wildman–Crippen MR) is 63.7 cm³/mol. The van der Waals surface area contributed by atoms with Crippen LogP contribution < -0.4 is 11.1 Å². The van der Waals surface area contributed by atoms with Crippen molar-refractivity contribution in [2.24, 2.45) is 0 Å². The number of amides is 1. The Bertz CT molecular complexity index is 597. The normalized spacial score (nSPS) is 11.3. The van der Waals surface area contributed by atoms with Gasteiger partial charge >= 0.3 is 6.18 Å². The molecule has 0 spiro atoms. The molecule has 0 saturated heterocycles. The van der Waals surface area contributed by atoms with Gasteiger partial charge in [-0.2, -0.15) is 13.2 Å². The summed E-state index contributed by atoms with van der Waals surface area (Å²) in [5.74, 6) is -0.741. The first-order valence-electron chi connectivity index (χ1n) is 4.93. The Morgan fingerprint density at radius 3 is 2.68 bits per heavy atom. The van der Waals surface area contributed by atoms with Crippen LogP contribution in [0.4, 0.5) is 23.9 Å². The number of anilines is 2. The Morgan fingerprint density at radius 1 is 1.37 bits per heavy atom. The second kappa shape index (κ2) is 4.84. The number of nitrogens with one attached hydrogen (secondary N) is 1. The molecule has 0 atom stereocenters. The van der Waals surface area contributed by atoms with Gasteiger partial charge < -0.3 is 11.1 Å². The fourth-order valence-corrected chi connectivity index (χ4v) is 1.75. The molecule has 1 heterocycles. The maximum atomic E-state index is 12.5. The van der Waals surface area contributed by atoms with Crippen molar-refractivity contribution in [1.82, 2.24) is 9.59 Å². The number of carbonyl (C=O) groups is 1. The second-order valence-corrected chi connectivity index (χ2v) is 4.32. The monoisotopic (exact) mass is 288 g/mol. The SMILES string of the molecule is Nc1ccc(C(F)(F)F)cc1C(=O)Nc1cnns1. The number of aromatic nitrogens is 2. The van der Waals surface area contributed by atoms with Gasteiger partial charge in [0.05, 0.1) is 17.3 Å². The number of hydrogen-bond donors (Lipinski definition) is 2. The number of hydrogen-bond acceptors (Lipinski definition) is 5. The molecule has 0 fully saturated rings. The van der Waals surface area contributed by atoms with Crippen molar-refractivity contribution in [2.75, 3.05) is 11.1 Å². The van der Waals surface area contributed by atoms with Gasteiger partial charge in [-0.05, 0) is 18.2 Å². The number of carbonyl (C=O) groups excluding carboxylic acids is 1. The van der Waals surface area contributed by atoms with E-state index in [1.807, 2.05) is 0 Å². The molecule has 0 radical (unpaired) electrons. The van der Waals surface area contributed by atoms with E-state index in [2.05, 4.69) is 14.9 Å². The van der Waals surface area contributed by atoms with Crippen LogP contribution in [-0.2, 0) is 6.18 Å². The van der Waals surface area contributed by atoms with Crippen molar-refractivity contribution in [1.29, 1.82) is 0 Å². The largest absolute Gasteiger partial charge is 0.416 e. The molecule has 1 aromatic heterocycles. The van der Waals surface area contributed by atoms with Crippen LogP contribution in [0.15, 0.2) is 24.4 Å². The fraction of sp³-hybridized carbons (Fsp3) is 0.100. The Kier molecular flexibility index (Phi) is 3.38. The molecule has 0 saturated carbocycles. The Balaban J connectivity index is 2.31. The van der Waals surface area contributed by atoms with Gasteiger partial charge in [0.25, 0.3) is 5.91 Å². The van der Waals surface area contributed by atoms with E-state index in [1.165, 1.54) is 6.20 Å². The van der Waals surface area contributed by atoms with Crippen molar-refractivity contribution >= 4 is 28.1 Å². The summed E-state index contributed by atoms with van der Waals surface area (Å²) in [6, 6.07) is 2.57. The van der Waals surface area contributed by atoms with E-state index >= 15 is 0 Å². The molecule has 9 heteroatoms. The van der Waals surface area contributed by atoms with E-state index in [1.54, 1.807) is 0 Å². The number of nitrogen functional groups attached to an aromatic ring is 1. The molecule has 0 unspecified atom stereocenters. The van der Waals surface area contributed by atoms with Crippen molar-refractivity contribution in [3.8, 4) is 0 Å². The average molecular weight is 288 g/mol. The summed E-state index contributed by atoms with van der Waals surface area (Å²) in [6.07, 6.45) is -3.25. The van der Waals surface area contributed by atoms with E-state index in [0.29, 0.717) is 11.1 Å². The quantitative estimate of drug-likeness (QED) is 0.831. The topological polar surface area (TPSA) is 80.9 Å². The van der Waals surface area contributed by atoms with Gasteiger partial charge in [0.2, 0.25) is 0 Å². The third kappa shape index (κ3) is 2.99. The van der Waals surface area contributed by atoms with Gasteiger partial charge in [-0.1, -0.05) is 4.49 Å². The van der Waals surface area contributed by atoms with Crippen LogP contribution in [0.3, 0.4) is 0 Å². The van der Waals surface area contributed by atoms with Crippen LogP contribution in [0.2, 0.25) is 0 Å². The lowest BCUT2D eigenvalue weighted by Gasteiger charge is -2.10. The molecular formula is C10H7F3N4OS. The number of nitrogens with two attached hydrogens (primary N) is 1. The third-order valence-electron chi connectivity index (χ3n) is 2.22. The van der Waals surface area contributed by atoms with Crippen LogP contribution in [0.5, 0.6) is 0 Å². The van der Waals surface area contributed by atoms with E-state index in [9.17, 15) is 18.0 Å². The molecule has 0 aliphatic rings. The van der Waals surface area contributed by atoms with Crippen molar-refractivity contribution in [3.63, 3.8) is 0 Å². The molecule has 0 aliphatic heterocycles. The fourth-order valence-electron chi connectivity index (χ4n) is 1.33. The standard InChI is InChI=1S/C10H7F3N4OS/c11-10(12,13)5-1-2-7(14)6(3-5)9(18)16-8-4-15-17-19-8/h1-4H,14H2,(H,16,18). The summed E-state index contributed by atoms with van der Waals surface area (Å²) in [6.45, 7) is 0. The number of benzene rings is 1. The van der Waals surface area contributed by atoms with Crippen LogP contribution in [0, 0.1) is 0 Å². The highest BCUT2D eigenvalue weighted by molar-refractivity contribution is 7.10. The number of nitrogens with zero attached hydrogens (tertiary/aromatic N) is 2. The Morgan fingerprint density at radius 2 is 2.11 bits per heavy atom. The average Bonchev–Trinajstić information content (AvgIpc) is 2.80. The molecule has 100 valence electrons. The first-order chi connectivity index (χ1) is 8.88. The Labute approximate surface area is 109 Å². The molecule has 2 aromatic rings. The lowest BCUT2D eigenvalue weighted by atomic mass is 10.1. The van der Waals surface area contributed by atoms with Crippen LogP contribution in [0.1, 0.15) is 15.9 Å². The summed E-state index contributed by atoms with van der Waals surface area (Å²) in [4.78, 5) is 11.8. The summed E-state index contributed by atoms with van der Waals surface area (Å²) < 4.78 is 41.2. The zero-order valence-corrected chi connectivity index (χ0v) is 10.0. The zero-order valence-electron chi connectivity index (χ0n) is 9.23. The molecule has 1 aromatic carbocycles. The smallest absolute Gasteiger partial charge is 0.398 e. The van der Waals surface area contributed by atoms with E-state index in [-0.39, 0.29) is 11.3 Å². The third-order valence-corrected chi connectivity index (χ3v) is 2.80. The van der Waals surface area contributed by atoms with Gasteiger partial charge in [-0.3, -0.25) is 4.79 Å². The maximum absolute atomic E-state index is 12.5. The summed E-state index contributed by atoms with van der Waals surface area (Å²) in [5.41, 5.74) is 4.28. The molecule has 2 rings (SSSR count). The minimum absolute atomic E-state index is 0.0389. The second-order valence-electron chi connectivity index (χ2n) is 3.54. The van der Waals surface area contributed by atoms with Crippen molar-refractivity contribution in [3.05, 3.63) is 35.5 Å². The van der Waals surface area contributed by atoms with Gasteiger partial charge in [0.1, 0.15) is 5.00 Å². The number of alkyl halides is 3. The number of halogens is 3. The van der Waals surface area contributed by atoms with E-state index in [0.717, 1.165) is 23.7 Å². The molecule has 19 heavy (non-hydrogen) atoms. The maximum Gasteiger partial charge on any atom is 0.416 e. The molecule has 0 aliphatic carbocycles. The molecule has 1 amide bonds. The van der Waals surface area contributed by atoms with Crippen LogP contribution in [-0.4, -0.2) is 15.5 Å². The minimum atomic E-state index is -4.53. The van der Waals surface area contributed by atoms with E-state index < -0.39 is 17.6 Å². The molecular weight excluding hydrogens is 281 g/mol. The Hall–Kier alpha value is -2.16. The summed E-state index contributed by atoms with van der Waals surface area (Å²) >= 11 is 0.905. The lowest BCUT2D eigenvalue weighted by Crippen LogP contribution is -2.15. The minimum Gasteiger partial charge on any atom is -0.398 e. The number of rotatable bonds is 2. The highest BCUT2D eigenvalue weighted by Crippen LogP contribution is 2.31. The highest BCUT2D eigenvalue weighted by atomic mass is 32.1. The zero-order chi connectivity index (χ0) is 14.0. The van der Waals surface area contributed by atoms with Gasteiger partial charge in [0, 0.05) is 17.2 Å². The summed E-state index contributed by atoms with van der Waals surface area (Å²) in [5, 5.41) is 6.18. The van der Waals surface area contributed by atoms with Crippen LogP contribution >= 0.6 is 11.5 Å². The first-order valence-corrected chi connectivity index (χ1v) is 5.70. The first kappa shape index (κ1) is 13.3. The van der Waals surface area contributed by atoms with Crippen LogP contribution in [0.25, 0.3) is 0 Å². The molecule has 5 nitrogen and oxygen atoms in total. The lowest BCUT2D eigenvalue weighted by molar-refractivity contribution is -0.137. The summed E-state index contributed by atoms with van der Waals surface area (Å²) in [7, 11) is 0. The van der Waals surface area contributed by atoms with E-state index in [4.69, 9.17) is 5.73 Å². The molecule has 3 N–H and O–H groups in total. The van der Waals surface area contributed by atoms with Crippen molar-refractivity contribution < 1.29 is 18.0 Å².